The van der Waals surface area contributed by atoms with Crippen molar-refractivity contribution in [2.24, 2.45) is 5.73 Å². The van der Waals surface area contributed by atoms with E-state index in [4.69, 9.17) is 10.8 Å². The first-order chi connectivity index (χ1) is 11.7. The molecule has 1 aromatic carbocycles. The second kappa shape index (κ2) is 7.58. The van der Waals surface area contributed by atoms with Crippen molar-refractivity contribution in [2.75, 3.05) is 5.32 Å². The third-order valence-corrected chi connectivity index (χ3v) is 5.02. The fourth-order valence-electron chi connectivity index (χ4n) is 2.32. The predicted molar refractivity (Wildman–Crippen MR) is 97.3 cm³/mol. The molecule has 2 rings (SSSR count). The molecular weight excluding hydrogens is 340 g/mol. The number of anilines is 1. The van der Waals surface area contributed by atoms with Crippen LogP contribution in [-0.2, 0) is 9.59 Å². The number of aryl methyl sites for hydroxylation is 2. The summed E-state index contributed by atoms with van der Waals surface area (Å²) in [5, 5.41) is 11.8. The number of amides is 1. The first-order valence-corrected chi connectivity index (χ1v) is 8.52. The lowest BCUT2D eigenvalue weighted by atomic mass is 10.00. The van der Waals surface area contributed by atoms with Gasteiger partial charge in [0.15, 0.2) is 5.78 Å². The normalized spacial score (nSPS) is 11.8. The third kappa shape index (κ3) is 4.32. The quantitative estimate of drug-likeness (QED) is 0.686. The maximum absolute atomic E-state index is 12.9. The molecule has 132 valence electrons. The number of carboxylic acid groups (broad SMARTS) is 1. The van der Waals surface area contributed by atoms with E-state index in [1.165, 1.54) is 11.3 Å². The van der Waals surface area contributed by atoms with Crippen molar-refractivity contribution in [3.05, 3.63) is 51.4 Å². The van der Waals surface area contributed by atoms with Gasteiger partial charge in [-0.05, 0) is 26.3 Å². The van der Waals surface area contributed by atoms with Gasteiger partial charge in [0.2, 0.25) is 5.91 Å². The summed E-state index contributed by atoms with van der Waals surface area (Å²) in [6.07, 6.45) is -0.476. The molecule has 0 spiro atoms. The molecule has 0 bridgehead atoms. The van der Waals surface area contributed by atoms with Gasteiger partial charge in [-0.15, -0.1) is 11.3 Å². The molecule has 1 atom stereocenters. The summed E-state index contributed by atoms with van der Waals surface area (Å²) in [5.41, 5.74) is 8.37. The number of nitrogens with one attached hydrogen (secondary N) is 1. The number of benzene rings is 1. The van der Waals surface area contributed by atoms with Crippen LogP contribution in [0.1, 0.15) is 38.3 Å². The molecule has 25 heavy (non-hydrogen) atoms. The number of thiophene rings is 1. The largest absolute Gasteiger partial charge is 0.481 e. The summed E-state index contributed by atoms with van der Waals surface area (Å²) in [5.74, 6) is -1.97. The van der Waals surface area contributed by atoms with Gasteiger partial charge in [0.1, 0.15) is 5.00 Å². The van der Waals surface area contributed by atoms with Crippen LogP contribution < -0.4 is 11.1 Å². The number of carbonyl (C=O) groups is 3. The van der Waals surface area contributed by atoms with Gasteiger partial charge in [0, 0.05) is 10.4 Å². The predicted octanol–water partition coefficient (Wildman–Crippen LogP) is 2.64. The number of hydrogen-bond donors (Lipinski definition) is 3. The maximum atomic E-state index is 12.9. The summed E-state index contributed by atoms with van der Waals surface area (Å²) in [7, 11) is 0. The fraction of sp³-hybridized carbons (Fsp3) is 0.278. The molecule has 0 aliphatic rings. The minimum absolute atomic E-state index is 0.191. The zero-order valence-electron chi connectivity index (χ0n) is 14.3. The molecule has 7 heteroatoms. The van der Waals surface area contributed by atoms with Gasteiger partial charge in [0.05, 0.1) is 18.0 Å². The topological polar surface area (TPSA) is 109 Å². The van der Waals surface area contributed by atoms with Crippen LogP contribution in [0.5, 0.6) is 0 Å². The van der Waals surface area contributed by atoms with E-state index in [2.05, 4.69) is 5.32 Å². The van der Waals surface area contributed by atoms with E-state index >= 15 is 0 Å². The molecular formula is C18H20N2O4S. The first-order valence-electron chi connectivity index (χ1n) is 7.70. The molecule has 1 aromatic heterocycles. The summed E-state index contributed by atoms with van der Waals surface area (Å²) in [4.78, 5) is 36.6. The Labute approximate surface area is 149 Å². The van der Waals surface area contributed by atoms with Crippen molar-refractivity contribution in [1.29, 1.82) is 0 Å². The Hall–Kier alpha value is -2.51. The molecule has 0 radical (unpaired) electrons. The molecule has 0 aliphatic heterocycles. The van der Waals surface area contributed by atoms with Crippen LogP contribution in [-0.4, -0.2) is 28.8 Å². The van der Waals surface area contributed by atoms with Crippen LogP contribution in [0.4, 0.5) is 5.00 Å². The number of rotatable bonds is 6. The average Bonchev–Trinajstić information content (AvgIpc) is 2.81. The highest BCUT2D eigenvalue weighted by atomic mass is 32.1. The molecule has 0 saturated heterocycles. The van der Waals surface area contributed by atoms with E-state index in [0.717, 1.165) is 16.0 Å². The number of hydrogen-bond acceptors (Lipinski definition) is 5. The Morgan fingerprint density at radius 3 is 2.32 bits per heavy atom. The molecule has 1 unspecified atom stereocenters. The smallest absolute Gasteiger partial charge is 0.305 e. The zero-order valence-corrected chi connectivity index (χ0v) is 15.1. The SMILES string of the molecule is Cc1ccc(C(=O)c2c(NC(=O)C(N)CC(=O)O)sc(C)c2C)cc1. The highest BCUT2D eigenvalue weighted by Crippen LogP contribution is 2.34. The summed E-state index contributed by atoms with van der Waals surface area (Å²) < 4.78 is 0. The van der Waals surface area contributed by atoms with Gasteiger partial charge >= 0.3 is 5.97 Å². The van der Waals surface area contributed by atoms with Crippen LogP contribution >= 0.6 is 11.3 Å². The van der Waals surface area contributed by atoms with E-state index in [0.29, 0.717) is 16.1 Å². The van der Waals surface area contributed by atoms with E-state index in [1.54, 1.807) is 12.1 Å². The Morgan fingerprint density at radius 1 is 1.16 bits per heavy atom. The number of nitrogens with two attached hydrogens (primary N) is 1. The summed E-state index contributed by atoms with van der Waals surface area (Å²) in [6.45, 7) is 5.61. The van der Waals surface area contributed by atoms with Crippen LogP contribution in [0.15, 0.2) is 24.3 Å². The second-order valence-electron chi connectivity index (χ2n) is 5.88. The van der Waals surface area contributed by atoms with Gasteiger partial charge in [0.25, 0.3) is 0 Å². The minimum atomic E-state index is -1.18. The Balaban J connectivity index is 2.33. The van der Waals surface area contributed by atoms with E-state index in [9.17, 15) is 14.4 Å². The molecule has 1 amide bonds. The number of carbonyl (C=O) groups excluding carboxylic acids is 2. The highest BCUT2D eigenvalue weighted by Gasteiger charge is 2.24. The van der Waals surface area contributed by atoms with E-state index in [1.807, 2.05) is 32.9 Å². The lowest BCUT2D eigenvalue weighted by Gasteiger charge is -2.11. The van der Waals surface area contributed by atoms with E-state index in [-0.39, 0.29) is 5.78 Å². The Kier molecular flexibility index (Phi) is 5.71. The molecule has 1 heterocycles. The van der Waals surface area contributed by atoms with Gasteiger partial charge in [-0.3, -0.25) is 14.4 Å². The minimum Gasteiger partial charge on any atom is -0.481 e. The Morgan fingerprint density at radius 2 is 1.76 bits per heavy atom. The van der Waals surface area contributed by atoms with Crippen molar-refractivity contribution in [3.8, 4) is 0 Å². The van der Waals surface area contributed by atoms with E-state index < -0.39 is 24.3 Å². The molecule has 0 saturated carbocycles. The molecule has 6 nitrogen and oxygen atoms in total. The second-order valence-corrected chi connectivity index (χ2v) is 7.10. The van der Waals surface area contributed by atoms with Crippen molar-refractivity contribution in [1.82, 2.24) is 0 Å². The monoisotopic (exact) mass is 360 g/mol. The van der Waals surface area contributed by atoms with Crippen LogP contribution in [0.25, 0.3) is 0 Å². The maximum Gasteiger partial charge on any atom is 0.305 e. The molecule has 4 N–H and O–H groups in total. The average molecular weight is 360 g/mol. The first kappa shape index (κ1) is 18.8. The fourth-order valence-corrected chi connectivity index (χ4v) is 3.38. The number of carboxylic acids is 1. The van der Waals surface area contributed by atoms with Crippen molar-refractivity contribution < 1.29 is 19.5 Å². The number of aliphatic carboxylic acids is 1. The molecule has 2 aromatic rings. The lowest BCUT2D eigenvalue weighted by Crippen LogP contribution is -2.37. The molecule has 0 aliphatic carbocycles. The standard InChI is InChI=1S/C18H20N2O4S/c1-9-4-6-12(7-5-9)16(23)15-10(2)11(3)25-18(15)20-17(24)13(19)8-14(21)22/h4-7,13H,8,19H2,1-3H3,(H,20,24)(H,21,22). The highest BCUT2D eigenvalue weighted by molar-refractivity contribution is 7.16. The third-order valence-electron chi connectivity index (χ3n) is 3.89. The van der Waals surface area contributed by atoms with Crippen LogP contribution in [0.2, 0.25) is 0 Å². The molecule has 0 fully saturated rings. The number of ketones is 1. The lowest BCUT2D eigenvalue weighted by molar-refractivity contribution is -0.138. The van der Waals surface area contributed by atoms with Crippen LogP contribution in [0.3, 0.4) is 0 Å². The van der Waals surface area contributed by atoms with Crippen molar-refractivity contribution >= 4 is 34.0 Å². The summed E-state index contributed by atoms with van der Waals surface area (Å²) in [6, 6.07) is 6.01. The van der Waals surface area contributed by atoms with Gasteiger partial charge in [-0.25, -0.2) is 0 Å². The van der Waals surface area contributed by atoms with Gasteiger partial charge in [-0.1, -0.05) is 29.8 Å². The zero-order chi connectivity index (χ0) is 18.7. The van der Waals surface area contributed by atoms with Gasteiger partial charge < -0.3 is 16.2 Å². The van der Waals surface area contributed by atoms with Crippen LogP contribution in [0, 0.1) is 20.8 Å². The van der Waals surface area contributed by atoms with Crippen molar-refractivity contribution in [3.63, 3.8) is 0 Å². The summed E-state index contributed by atoms with van der Waals surface area (Å²) >= 11 is 1.28. The van der Waals surface area contributed by atoms with Crippen molar-refractivity contribution in [2.45, 2.75) is 33.2 Å². The van der Waals surface area contributed by atoms with Gasteiger partial charge in [-0.2, -0.15) is 0 Å². The Bertz CT molecular complexity index is 824.